The quantitative estimate of drug-likeness (QED) is 0.773. The van der Waals surface area contributed by atoms with E-state index >= 15 is 0 Å². The Balaban J connectivity index is 1.95. The third kappa shape index (κ3) is 3.93. The highest BCUT2D eigenvalue weighted by Gasteiger charge is 2.46. The minimum absolute atomic E-state index is 0.0290. The minimum Gasteiger partial charge on any atom is -0.493 e. The molecule has 0 spiro atoms. The molecule has 0 aliphatic carbocycles. The van der Waals surface area contributed by atoms with E-state index in [1.54, 1.807) is 18.2 Å². The van der Waals surface area contributed by atoms with Gasteiger partial charge in [0.15, 0.2) is 0 Å². The van der Waals surface area contributed by atoms with Crippen LogP contribution in [0.4, 0.5) is 13.2 Å². The molecule has 1 N–H and O–H groups in total. The summed E-state index contributed by atoms with van der Waals surface area (Å²) in [5.74, 6) is 0.271. The fourth-order valence-electron chi connectivity index (χ4n) is 3.13. The van der Waals surface area contributed by atoms with Crippen LogP contribution in [0.15, 0.2) is 36.4 Å². The number of nitrogens with zero attached hydrogens (tertiary/aromatic N) is 1. The van der Waals surface area contributed by atoms with Gasteiger partial charge in [0, 0.05) is 18.4 Å². The second kappa shape index (κ2) is 7.53. The summed E-state index contributed by atoms with van der Waals surface area (Å²) in [5.41, 5.74) is 2.40. The van der Waals surface area contributed by atoms with Crippen LogP contribution in [-0.2, 0) is 4.79 Å². The Morgan fingerprint density at radius 3 is 2.73 bits per heavy atom. The van der Waals surface area contributed by atoms with E-state index in [9.17, 15) is 18.0 Å². The number of unbranched alkanes of at least 4 members (excludes halogenated alkanes) is 1. The Bertz CT molecular complexity index is 792. The van der Waals surface area contributed by atoms with Crippen LogP contribution < -0.4 is 10.2 Å². The maximum atomic E-state index is 13.7. The van der Waals surface area contributed by atoms with E-state index in [1.807, 2.05) is 6.07 Å². The highest BCUT2D eigenvalue weighted by Crippen LogP contribution is 2.39. The van der Waals surface area contributed by atoms with Crippen molar-refractivity contribution < 1.29 is 22.7 Å². The Morgan fingerprint density at radius 1 is 1.27 bits per heavy atom. The molecule has 0 bridgehead atoms. The number of rotatable bonds is 6. The summed E-state index contributed by atoms with van der Waals surface area (Å²) in [7, 11) is 0. The molecule has 140 valence electrons. The van der Waals surface area contributed by atoms with Crippen LogP contribution in [0.3, 0.4) is 0 Å². The predicted molar refractivity (Wildman–Crippen MR) is 92.6 cm³/mol. The third-order valence-electron chi connectivity index (χ3n) is 4.41. The van der Waals surface area contributed by atoms with Crippen molar-refractivity contribution >= 4 is 16.7 Å². The van der Waals surface area contributed by atoms with Crippen molar-refractivity contribution in [2.24, 2.45) is 0 Å². The van der Waals surface area contributed by atoms with E-state index < -0.39 is 18.1 Å². The standard InChI is InChI=1S/C19H21F3N2O2/c1-2-3-11-26-16-6-4-5-13-12-14(7-8-15(13)16)18(19(20,21)22)24-10-9-17(25)23-24/h4-8,12,18H,2-3,9-11H2,1H3,(H,23,25)/t18-/m0/s1. The molecule has 3 rings (SSSR count). The highest BCUT2D eigenvalue weighted by atomic mass is 19.4. The number of ether oxygens (including phenoxy) is 1. The van der Waals surface area contributed by atoms with Crippen molar-refractivity contribution in [2.45, 2.75) is 38.4 Å². The van der Waals surface area contributed by atoms with Crippen molar-refractivity contribution in [1.82, 2.24) is 10.4 Å². The smallest absolute Gasteiger partial charge is 0.409 e. The number of carbonyl (C=O) groups is 1. The zero-order chi connectivity index (χ0) is 18.7. The molecular weight excluding hydrogens is 345 g/mol. The summed E-state index contributed by atoms with van der Waals surface area (Å²) in [4.78, 5) is 11.4. The van der Waals surface area contributed by atoms with Gasteiger partial charge in [-0.15, -0.1) is 0 Å². The molecule has 26 heavy (non-hydrogen) atoms. The molecule has 1 aliphatic heterocycles. The summed E-state index contributed by atoms with van der Waals surface area (Å²) < 4.78 is 46.7. The van der Waals surface area contributed by atoms with Crippen molar-refractivity contribution in [3.05, 3.63) is 42.0 Å². The molecule has 0 aromatic heterocycles. The van der Waals surface area contributed by atoms with Crippen LogP contribution >= 0.6 is 0 Å². The summed E-state index contributed by atoms with van der Waals surface area (Å²) in [6.45, 7) is 2.66. The predicted octanol–water partition coefficient (Wildman–Crippen LogP) is 4.36. The summed E-state index contributed by atoms with van der Waals surface area (Å²) in [5, 5.41) is 2.42. The van der Waals surface area contributed by atoms with Crippen LogP contribution in [0.1, 0.15) is 37.8 Å². The monoisotopic (exact) mass is 366 g/mol. The first-order chi connectivity index (χ1) is 12.4. The van der Waals surface area contributed by atoms with Gasteiger partial charge in [-0.2, -0.15) is 13.2 Å². The number of carbonyl (C=O) groups excluding carboxylic acids is 1. The first kappa shape index (κ1) is 18.5. The maximum absolute atomic E-state index is 13.7. The van der Waals surface area contributed by atoms with Crippen molar-refractivity contribution in [3.63, 3.8) is 0 Å². The van der Waals surface area contributed by atoms with Crippen LogP contribution in [0, 0.1) is 0 Å². The van der Waals surface area contributed by atoms with Crippen LogP contribution in [0.5, 0.6) is 5.75 Å². The molecule has 1 atom stereocenters. The molecular formula is C19H21F3N2O2. The lowest BCUT2D eigenvalue weighted by molar-refractivity contribution is -0.191. The number of benzene rings is 2. The number of nitrogens with one attached hydrogen (secondary N) is 1. The zero-order valence-corrected chi connectivity index (χ0v) is 14.5. The molecule has 2 aromatic rings. The maximum Gasteiger partial charge on any atom is 0.409 e. The number of hydrazine groups is 1. The van der Waals surface area contributed by atoms with Gasteiger partial charge >= 0.3 is 6.18 Å². The highest BCUT2D eigenvalue weighted by molar-refractivity contribution is 5.89. The number of hydrogen-bond acceptors (Lipinski definition) is 3. The second-order valence-corrected chi connectivity index (χ2v) is 6.36. The van der Waals surface area contributed by atoms with E-state index in [2.05, 4.69) is 12.3 Å². The van der Waals surface area contributed by atoms with E-state index in [0.717, 1.165) is 23.2 Å². The Morgan fingerprint density at radius 2 is 2.08 bits per heavy atom. The van der Waals surface area contributed by atoms with E-state index in [1.165, 1.54) is 12.1 Å². The fraction of sp³-hybridized carbons (Fsp3) is 0.421. The normalized spacial score (nSPS) is 16.7. The van der Waals surface area contributed by atoms with Gasteiger partial charge in [-0.05, 0) is 29.5 Å². The Kier molecular flexibility index (Phi) is 5.36. The van der Waals surface area contributed by atoms with Gasteiger partial charge in [0.2, 0.25) is 5.91 Å². The largest absolute Gasteiger partial charge is 0.493 e. The van der Waals surface area contributed by atoms with Gasteiger partial charge < -0.3 is 4.74 Å². The lowest BCUT2D eigenvalue weighted by atomic mass is 10.0. The molecule has 0 unspecified atom stereocenters. The molecule has 1 saturated heterocycles. The lowest BCUT2D eigenvalue weighted by Gasteiger charge is -2.29. The number of hydrogen-bond donors (Lipinski definition) is 1. The first-order valence-electron chi connectivity index (χ1n) is 8.68. The van der Waals surface area contributed by atoms with Gasteiger partial charge in [0.05, 0.1) is 6.61 Å². The number of amides is 1. The van der Waals surface area contributed by atoms with Crippen molar-refractivity contribution in [1.29, 1.82) is 0 Å². The average molecular weight is 366 g/mol. The molecule has 0 saturated carbocycles. The molecule has 1 amide bonds. The van der Waals surface area contributed by atoms with E-state index in [-0.39, 0.29) is 18.5 Å². The summed E-state index contributed by atoms with van der Waals surface area (Å²) in [6, 6.07) is 8.11. The number of alkyl halides is 3. The number of halogens is 3. The first-order valence-corrected chi connectivity index (χ1v) is 8.68. The van der Waals surface area contributed by atoms with Crippen molar-refractivity contribution in [3.8, 4) is 5.75 Å². The molecule has 1 heterocycles. The van der Waals surface area contributed by atoms with Crippen molar-refractivity contribution in [2.75, 3.05) is 13.2 Å². The minimum atomic E-state index is -4.50. The summed E-state index contributed by atoms with van der Waals surface area (Å²) >= 11 is 0. The van der Waals surface area contributed by atoms with E-state index in [4.69, 9.17) is 4.74 Å². The van der Waals surface area contributed by atoms with Gasteiger partial charge in [-0.1, -0.05) is 37.6 Å². The summed E-state index contributed by atoms with van der Waals surface area (Å²) in [6.07, 6.45) is -2.51. The molecule has 4 nitrogen and oxygen atoms in total. The van der Waals surface area contributed by atoms with Gasteiger partial charge in [0.1, 0.15) is 11.8 Å². The molecule has 0 radical (unpaired) electrons. The fourth-order valence-corrected chi connectivity index (χ4v) is 3.13. The molecule has 7 heteroatoms. The molecule has 2 aromatic carbocycles. The van der Waals surface area contributed by atoms with Crippen LogP contribution in [-0.4, -0.2) is 30.2 Å². The zero-order valence-electron chi connectivity index (χ0n) is 14.5. The third-order valence-corrected chi connectivity index (χ3v) is 4.41. The van der Waals surface area contributed by atoms with Crippen LogP contribution in [0.2, 0.25) is 0 Å². The van der Waals surface area contributed by atoms with Crippen LogP contribution in [0.25, 0.3) is 10.8 Å². The molecule has 1 aliphatic rings. The van der Waals surface area contributed by atoms with Gasteiger partial charge in [-0.25, -0.2) is 5.01 Å². The molecule has 1 fully saturated rings. The van der Waals surface area contributed by atoms with Gasteiger partial charge in [0.25, 0.3) is 0 Å². The Hall–Kier alpha value is -2.28. The second-order valence-electron chi connectivity index (χ2n) is 6.36. The van der Waals surface area contributed by atoms with Gasteiger partial charge in [-0.3, -0.25) is 10.2 Å². The van der Waals surface area contributed by atoms with E-state index in [0.29, 0.717) is 17.7 Å². The topological polar surface area (TPSA) is 41.6 Å². The average Bonchev–Trinajstić information content (AvgIpc) is 2.99. The SMILES string of the molecule is CCCCOc1cccc2cc([C@H](N3CCC(=O)N3)C(F)(F)F)ccc12. The lowest BCUT2D eigenvalue weighted by Crippen LogP contribution is -2.43. The number of fused-ring (bicyclic) bond motifs is 1. The Labute approximate surface area is 149 Å².